The summed E-state index contributed by atoms with van der Waals surface area (Å²) in [5.74, 6) is 1.44. The summed E-state index contributed by atoms with van der Waals surface area (Å²) in [7, 11) is 0. The topological polar surface area (TPSA) is 80.0 Å². The van der Waals surface area contributed by atoms with E-state index in [0.29, 0.717) is 23.3 Å². The molecule has 0 fully saturated rings. The average molecular weight is 403 g/mol. The second-order valence-corrected chi connectivity index (χ2v) is 8.49. The van der Waals surface area contributed by atoms with Crippen molar-refractivity contribution < 1.29 is 9.21 Å². The monoisotopic (exact) mass is 402 g/mol. The molecule has 1 unspecified atom stereocenters. The maximum absolute atomic E-state index is 12.4. The summed E-state index contributed by atoms with van der Waals surface area (Å²) < 4.78 is 6.03. The summed E-state index contributed by atoms with van der Waals surface area (Å²) in [5.41, 5.74) is 1.12. The van der Waals surface area contributed by atoms with Gasteiger partial charge in [0.2, 0.25) is 11.0 Å². The molecule has 0 aliphatic rings. The van der Waals surface area contributed by atoms with Crippen LogP contribution >= 0.6 is 23.1 Å². The van der Waals surface area contributed by atoms with Gasteiger partial charge in [0.05, 0.1) is 24.6 Å². The standard InChI is InChI=1S/C19H22N4O2S2/c1-13(2)17(14-7-4-3-5-8-14)21-16(24)12-26-19-23-22-18(27-19)20-11-15-9-6-10-25-15/h3-10,13,17H,11-12H2,1-2H3,(H,20,22)(H,21,24). The number of carbonyl (C=O) groups is 1. The van der Waals surface area contributed by atoms with Crippen LogP contribution in [0, 0.1) is 5.92 Å². The zero-order chi connectivity index (χ0) is 19.1. The molecule has 3 rings (SSSR count). The SMILES string of the molecule is CC(C)C(NC(=O)CSc1nnc(NCc2ccco2)s1)c1ccccc1. The molecule has 0 bridgehead atoms. The maximum Gasteiger partial charge on any atom is 0.230 e. The minimum Gasteiger partial charge on any atom is -0.467 e. The van der Waals surface area contributed by atoms with E-state index in [-0.39, 0.29) is 11.9 Å². The first kappa shape index (κ1) is 19.4. The van der Waals surface area contributed by atoms with Gasteiger partial charge in [0, 0.05) is 0 Å². The fraction of sp³-hybridized carbons (Fsp3) is 0.316. The first-order chi connectivity index (χ1) is 13.1. The van der Waals surface area contributed by atoms with Crippen LogP contribution in [0.1, 0.15) is 31.2 Å². The molecule has 0 saturated carbocycles. The molecule has 1 amide bonds. The van der Waals surface area contributed by atoms with E-state index in [9.17, 15) is 4.79 Å². The number of rotatable bonds is 9. The first-order valence-electron chi connectivity index (χ1n) is 8.68. The van der Waals surface area contributed by atoms with Crippen LogP contribution in [0.5, 0.6) is 0 Å². The Balaban J connectivity index is 1.48. The van der Waals surface area contributed by atoms with Gasteiger partial charge in [0.1, 0.15) is 5.76 Å². The number of carbonyl (C=O) groups excluding carboxylic acids is 1. The Labute approximate surface area is 166 Å². The lowest BCUT2D eigenvalue weighted by molar-refractivity contribution is -0.119. The Morgan fingerprint density at radius 1 is 1.19 bits per heavy atom. The highest BCUT2D eigenvalue weighted by Gasteiger charge is 2.18. The molecule has 3 aromatic rings. The predicted molar refractivity (Wildman–Crippen MR) is 109 cm³/mol. The van der Waals surface area contributed by atoms with Gasteiger partial charge in [0.25, 0.3) is 0 Å². The zero-order valence-electron chi connectivity index (χ0n) is 15.2. The van der Waals surface area contributed by atoms with E-state index in [1.807, 2.05) is 42.5 Å². The molecule has 0 aliphatic heterocycles. The second-order valence-electron chi connectivity index (χ2n) is 6.29. The van der Waals surface area contributed by atoms with Crippen LogP contribution in [0.4, 0.5) is 5.13 Å². The molecule has 27 heavy (non-hydrogen) atoms. The average Bonchev–Trinajstić information content (AvgIpc) is 3.35. The third-order valence-electron chi connectivity index (χ3n) is 3.87. The molecule has 142 valence electrons. The number of benzene rings is 1. The largest absolute Gasteiger partial charge is 0.467 e. The molecule has 2 aromatic heterocycles. The van der Waals surface area contributed by atoms with E-state index in [2.05, 4.69) is 34.7 Å². The van der Waals surface area contributed by atoms with Crippen LogP contribution < -0.4 is 10.6 Å². The van der Waals surface area contributed by atoms with Crippen molar-refractivity contribution >= 4 is 34.1 Å². The van der Waals surface area contributed by atoms with Crippen LogP contribution in [0.25, 0.3) is 0 Å². The van der Waals surface area contributed by atoms with Crippen LogP contribution in [-0.4, -0.2) is 21.9 Å². The Hall–Kier alpha value is -2.32. The number of anilines is 1. The fourth-order valence-corrected chi connectivity index (χ4v) is 4.11. The van der Waals surface area contributed by atoms with Gasteiger partial charge in [-0.05, 0) is 23.6 Å². The van der Waals surface area contributed by atoms with Gasteiger partial charge < -0.3 is 15.1 Å². The molecule has 6 nitrogen and oxygen atoms in total. The minimum absolute atomic E-state index is 0.000701. The smallest absolute Gasteiger partial charge is 0.230 e. The quantitative estimate of drug-likeness (QED) is 0.518. The highest BCUT2D eigenvalue weighted by Crippen LogP contribution is 2.26. The van der Waals surface area contributed by atoms with E-state index >= 15 is 0 Å². The zero-order valence-corrected chi connectivity index (χ0v) is 16.8. The maximum atomic E-state index is 12.4. The molecule has 8 heteroatoms. The summed E-state index contributed by atoms with van der Waals surface area (Å²) in [6.45, 7) is 4.76. The minimum atomic E-state index is -0.0113. The Bertz CT molecular complexity index is 835. The van der Waals surface area contributed by atoms with Crippen molar-refractivity contribution in [3.05, 3.63) is 60.1 Å². The lowest BCUT2D eigenvalue weighted by Crippen LogP contribution is -2.32. The van der Waals surface area contributed by atoms with E-state index in [1.54, 1.807) is 6.26 Å². The summed E-state index contributed by atoms with van der Waals surface area (Å²) in [6.07, 6.45) is 1.64. The van der Waals surface area contributed by atoms with Crippen molar-refractivity contribution in [2.75, 3.05) is 11.1 Å². The van der Waals surface area contributed by atoms with Crippen LogP contribution in [-0.2, 0) is 11.3 Å². The molecular formula is C19H22N4O2S2. The molecule has 0 saturated heterocycles. The molecule has 1 aromatic carbocycles. The summed E-state index contributed by atoms with van der Waals surface area (Å²) in [4.78, 5) is 12.4. The number of aromatic nitrogens is 2. The van der Waals surface area contributed by atoms with E-state index in [0.717, 1.165) is 15.7 Å². The molecule has 0 radical (unpaired) electrons. The molecule has 0 spiro atoms. The number of nitrogens with zero attached hydrogens (tertiary/aromatic N) is 2. The van der Waals surface area contributed by atoms with Crippen molar-refractivity contribution in [1.29, 1.82) is 0 Å². The van der Waals surface area contributed by atoms with E-state index < -0.39 is 0 Å². The number of thioether (sulfide) groups is 1. The number of hydrogen-bond acceptors (Lipinski definition) is 7. The Morgan fingerprint density at radius 2 is 2.00 bits per heavy atom. The van der Waals surface area contributed by atoms with E-state index in [4.69, 9.17) is 4.42 Å². The lowest BCUT2D eigenvalue weighted by Gasteiger charge is -2.22. The van der Waals surface area contributed by atoms with Gasteiger partial charge in [-0.1, -0.05) is 67.3 Å². The summed E-state index contributed by atoms with van der Waals surface area (Å²) in [5, 5.41) is 15.2. The van der Waals surface area contributed by atoms with Gasteiger partial charge in [-0.25, -0.2) is 0 Å². The molecule has 0 aliphatic carbocycles. The number of amides is 1. The second kappa shape index (κ2) is 9.57. The number of hydrogen-bond donors (Lipinski definition) is 2. The van der Waals surface area contributed by atoms with Crippen molar-refractivity contribution in [3.63, 3.8) is 0 Å². The lowest BCUT2D eigenvalue weighted by atomic mass is 9.96. The van der Waals surface area contributed by atoms with Gasteiger partial charge in [0.15, 0.2) is 4.34 Å². The third-order valence-corrected chi connectivity index (χ3v) is 5.88. The van der Waals surface area contributed by atoms with Gasteiger partial charge in [-0.15, -0.1) is 10.2 Å². The fourth-order valence-electron chi connectivity index (χ4n) is 2.55. The summed E-state index contributed by atoms with van der Waals surface area (Å²) in [6, 6.07) is 13.8. The number of nitrogens with one attached hydrogen (secondary N) is 2. The molecule has 2 N–H and O–H groups in total. The van der Waals surface area contributed by atoms with Gasteiger partial charge in [-0.2, -0.15) is 0 Å². The molecule has 1 atom stereocenters. The Kier molecular flexibility index (Phi) is 6.89. The molecular weight excluding hydrogens is 380 g/mol. The van der Waals surface area contributed by atoms with Crippen LogP contribution in [0.3, 0.4) is 0 Å². The third kappa shape index (κ3) is 5.83. The van der Waals surface area contributed by atoms with Gasteiger partial charge >= 0.3 is 0 Å². The van der Waals surface area contributed by atoms with Crippen molar-refractivity contribution in [2.24, 2.45) is 5.92 Å². The van der Waals surface area contributed by atoms with E-state index in [1.165, 1.54) is 23.1 Å². The normalized spacial score (nSPS) is 12.1. The number of furan rings is 1. The highest BCUT2D eigenvalue weighted by molar-refractivity contribution is 8.01. The first-order valence-corrected chi connectivity index (χ1v) is 10.5. The van der Waals surface area contributed by atoms with Crippen molar-refractivity contribution in [1.82, 2.24) is 15.5 Å². The predicted octanol–water partition coefficient (Wildman–Crippen LogP) is 4.35. The van der Waals surface area contributed by atoms with Crippen molar-refractivity contribution in [2.45, 2.75) is 30.8 Å². The molecule has 2 heterocycles. The van der Waals surface area contributed by atoms with Crippen LogP contribution in [0.15, 0.2) is 57.5 Å². The highest BCUT2D eigenvalue weighted by atomic mass is 32.2. The van der Waals surface area contributed by atoms with Crippen molar-refractivity contribution in [3.8, 4) is 0 Å². The summed E-state index contributed by atoms with van der Waals surface area (Å²) >= 11 is 2.82. The Morgan fingerprint density at radius 3 is 2.70 bits per heavy atom. The van der Waals surface area contributed by atoms with Crippen LogP contribution in [0.2, 0.25) is 0 Å². The van der Waals surface area contributed by atoms with Gasteiger partial charge in [-0.3, -0.25) is 4.79 Å².